The van der Waals surface area contributed by atoms with Crippen molar-refractivity contribution in [1.29, 1.82) is 0 Å². The third-order valence-corrected chi connectivity index (χ3v) is 4.28. The topological polar surface area (TPSA) is 47.9 Å². The van der Waals surface area contributed by atoms with Crippen LogP contribution in [0.25, 0.3) is 5.70 Å². The zero-order valence-electron chi connectivity index (χ0n) is 13.4. The van der Waals surface area contributed by atoms with E-state index < -0.39 is 0 Å². The summed E-state index contributed by atoms with van der Waals surface area (Å²) in [5.74, 6) is 0.218. The lowest BCUT2D eigenvalue weighted by Gasteiger charge is -2.17. The van der Waals surface area contributed by atoms with Crippen LogP contribution in [-0.2, 0) is 0 Å². The highest BCUT2D eigenvalue weighted by molar-refractivity contribution is 7.83. The lowest BCUT2D eigenvalue weighted by molar-refractivity contribution is 0.475. The second-order valence-corrected chi connectivity index (χ2v) is 5.97. The second kappa shape index (κ2) is 7.93. The van der Waals surface area contributed by atoms with Crippen LogP contribution < -0.4 is 10.2 Å². The fourth-order valence-electron chi connectivity index (χ4n) is 2.77. The molecule has 0 unspecified atom stereocenters. The van der Waals surface area contributed by atoms with Gasteiger partial charge >= 0.3 is 0 Å². The Morgan fingerprint density at radius 2 is 1.88 bits per heavy atom. The van der Waals surface area contributed by atoms with Gasteiger partial charge in [0.2, 0.25) is 0 Å². The third-order valence-electron chi connectivity index (χ3n) is 4.04. The molecular formula is C19H21N3OS. The van der Waals surface area contributed by atoms with Crippen LogP contribution in [0.1, 0.15) is 18.4 Å². The predicted octanol–water partition coefficient (Wildman–Crippen LogP) is 4.36. The maximum absolute atomic E-state index is 9.45. The highest BCUT2D eigenvalue weighted by atomic mass is 32.1. The predicted molar refractivity (Wildman–Crippen MR) is 105 cm³/mol. The van der Waals surface area contributed by atoms with E-state index in [2.05, 4.69) is 52.1 Å². The van der Waals surface area contributed by atoms with Crippen LogP contribution in [0.3, 0.4) is 0 Å². The molecule has 0 bridgehead atoms. The minimum absolute atomic E-state index is 0.218. The van der Waals surface area contributed by atoms with Crippen molar-refractivity contribution in [3.05, 3.63) is 59.5 Å². The quantitative estimate of drug-likeness (QED) is 0.431. The summed E-state index contributed by atoms with van der Waals surface area (Å²) in [6.07, 6.45) is 4.15. The number of aromatic hydroxyl groups is 1. The monoisotopic (exact) mass is 339 g/mol. The molecule has 124 valence electrons. The smallest absolute Gasteiger partial charge is 0.117 e. The van der Waals surface area contributed by atoms with Gasteiger partial charge in [0.25, 0.3) is 0 Å². The van der Waals surface area contributed by atoms with Crippen molar-refractivity contribution < 1.29 is 5.11 Å². The van der Waals surface area contributed by atoms with Crippen LogP contribution in [0.2, 0.25) is 0 Å². The van der Waals surface area contributed by atoms with E-state index >= 15 is 0 Å². The SMILES string of the molecule is Oc1cccc(NC=N/C(=C\S)c2ccc(N3CCCC3)cc2)c1. The Morgan fingerprint density at radius 1 is 1.12 bits per heavy atom. The standard InChI is InChI=1S/C19H21N3OS/c23-18-5-3-4-16(12-18)20-14-21-19(13-24)15-6-8-17(9-7-15)22-10-1-2-11-22/h3-9,12-14,23-24H,1-2,10-11H2,(H,20,21)/b19-13-. The minimum atomic E-state index is 0.218. The van der Waals surface area contributed by atoms with E-state index in [0.29, 0.717) is 0 Å². The van der Waals surface area contributed by atoms with Crippen molar-refractivity contribution in [2.24, 2.45) is 4.99 Å². The van der Waals surface area contributed by atoms with E-state index in [4.69, 9.17) is 0 Å². The maximum Gasteiger partial charge on any atom is 0.117 e. The molecule has 0 radical (unpaired) electrons. The van der Waals surface area contributed by atoms with Gasteiger partial charge in [-0.3, -0.25) is 0 Å². The molecule has 5 heteroatoms. The molecule has 0 aromatic heterocycles. The number of hydrogen-bond donors (Lipinski definition) is 3. The van der Waals surface area contributed by atoms with Gasteiger partial charge in [-0.1, -0.05) is 18.2 Å². The number of phenolic OH excluding ortho intramolecular Hbond substituents is 1. The molecule has 0 atom stereocenters. The summed E-state index contributed by atoms with van der Waals surface area (Å²) in [5, 5.41) is 14.2. The maximum atomic E-state index is 9.45. The summed E-state index contributed by atoms with van der Waals surface area (Å²) in [7, 11) is 0. The molecule has 0 saturated carbocycles. The van der Waals surface area contributed by atoms with E-state index in [-0.39, 0.29) is 5.75 Å². The van der Waals surface area contributed by atoms with Crippen LogP contribution in [0.4, 0.5) is 11.4 Å². The number of phenols is 1. The number of anilines is 2. The summed E-state index contributed by atoms with van der Waals surface area (Å²) in [4.78, 5) is 6.82. The van der Waals surface area contributed by atoms with Gasteiger partial charge in [0.05, 0.1) is 12.0 Å². The molecule has 2 aromatic carbocycles. The average Bonchev–Trinajstić information content (AvgIpc) is 3.14. The number of aliphatic imine (C=N–C) groups is 1. The highest BCUT2D eigenvalue weighted by Crippen LogP contribution is 2.24. The molecule has 0 aliphatic carbocycles. The first-order chi connectivity index (χ1) is 11.8. The van der Waals surface area contributed by atoms with Crippen LogP contribution in [0.15, 0.2) is 58.9 Å². The fourth-order valence-corrected chi connectivity index (χ4v) is 2.99. The Bertz CT molecular complexity index is 735. The van der Waals surface area contributed by atoms with Crippen molar-refractivity contribution in [1.82, 2.24) is 0 Å². The van der Waals surface area contributed by atoms with Gasteiger partial charge in [0.1, 0.15) is 5.75 Å². The second-order valence-electron chi connectivity index (χ2n) is 5.71. The Balaban J connectivity index is 1.66. The van der Waals surface area contributed by atoms with Crippen LogP contribution >= 0.6 is 12.6 Å². The van der Waals surface area contributed by atoms with Gasteiger partial charge in [-0.05, 0) is 42.5 Å². The van der Waals surface area contributed by atoms with Crippen molar-refractivity contribution in [3.8, 4) is 5.75 Å². The molecular weight excluding hydrogens is 318 g/mol. The summed E-state index contributed by atoms with van der Waals surface area (Å²) in [5.41, 5.74) is 3.83. The van der Waals surface area contributed by atoms with E-state index in [0.717, 1.165) is 30.0 Å². The van der Waals surface area contributed by atoms with Crippen LogP contribution in [0.5, 0.6) is 5.75 Å². The molecule has 1 aliphatic rings. The molecule has 2 aromatic rings. The van der Waals surface area contributed by atoms with Crippen molar-refractivity contribution in [3.63, 3.8) is 0 Å². The molecule has 0 spiro atoms. The molecule has 1 aliphatic heterocycles. The van der Waals surface area contributed by atoms with Gasteiger partial charge in [-0.15, -0.1) is 12.6 Å². The lowest BCUT2D eigenvalue weighted by Crippen LogP contribution is -2.17. The Labute approximate surface area is 148 Å². The first kappa shape index (κ1) is 16.5. The van der Waals surface area contributed by atoms with Gasteiger partial charge < -0.3 is 15.3 Å². The number of rotatable bonds is 5. The molecule has 3 rings (SSSR count). The van der Waals surface area contributed by atoms with E-state index in [1.165, 1.54) is 18.5 Å². The Kier molecular flexibility index (Phi) is 5.43. The van der Waals surface area contributed by atoms with E-state index in [9.17, 15) is 5.11 Å². The van der Waals surface area contributed by atoms with Gasteiger partial charge in [0.15, 0.2) is 0 Å². The Morgan fingerprint density at radius 3 is 2.54 bits per heavy atom. The summed E-state index contributed by atoms with van der Waals surface area (Å²) in [6, 6.07) is 15.3. The van der Waals surface area contributed by atoms with Crippen molar-refractivity contribution in [2.75, 3.05) is 23.3 Å². The summed E-state index contributed by atoms with van der Waals surface area (Å²) >= 11 is 4.26. The zero-order chi connectivity index (χ0) is 16.8. The number of nitrogens with one attached hydrogen (secondary N) is 1. The molecule has 1 fully saturated rings. The highest BCUT2D eigenvalue weighted by Gasteiger charge is 2.12. The Hall–Kier alpha value is -2.40. The van der Waals surface area contributed by atoms with Gasteiger partial charge in [0, 0.05) is 36.1 Å². The fraction of sp³-hybridized carbons (Fsp3) is 0.211. The molecule has 1 heterocycles. The lowest BCUT2D eigenvalue weighted by atomic mass is 10.1. The molecule has 1 saturated heterocycles. The molecule has 24 heavy (non-hydrogen) atoms. The molecule has 2 N–H and O–H groups in total. The largest absolute Gasteiger partial charge is 0.508 e. The zero-order valence-corrected chi connectivity index (χ0v) is 14.3. The molecule has 4 nitrogen and oxygen atoms in total. The van der Waals surface area contributed by atoms with Crippen molar-refractivity contribution >= 4 is 36.0 Å². The first-order valence-electron chi connectivity index (χ1n) is 8.04. The molecule has 0 amide bonds. The van der Waals surface area contributed by atoms with Gasteiger partial charge in [-0.25, -0.2) is 4.99 Å². The van der Waals surface area contributed by atoms with Gasteiger partial charge in [-0.2, -0.15) is 0 Å². The number of hydrogen-bond acceptors (Lipinski definition) is 4. The minimum Gasteiger partial charge on any atom is -0.508 e. The van der Waals surface area contributed by atoms with E-state index in [1.54, 1.807) is 29.9 Å². The number of thiol groups is 1. The number of benzene rings is 2. The summed E-state index contributed by atoms with van der Waals surface area (Å²) in [6.45, 7) is 2.28. The normalized spacial score (nSPS) is 15.2. The summed E-state index contributed by atoms with van der Waals surface area (Å²) < 4.78 is 0. The first-order valence-corrected chi connectivity index (χ1v) is 8.56. The van der Waals surface area contributed by atoms with Crippen molar-refractivity contribution in [2.45, 2.75) is 12.8 Å². The average molecular weight is 339 g/mol. The number of nitrogens with zero attached hydrogens (tertiary/aromatic N) is 2. The third kappa shape index (κ3) is 4.11. The van der Waals surface area contributed by atoms with Crippen LogP contribution in [0, 0.1) is 0 Å². The van der Waals surface area contributed by atoms with E-state index in [1.807, 2.05) is 6.07 Å². The van der Waals surface area contributed by atoms with Crippen LogP contribution in [-0.4, -0.2) is 24.5 Å².